The van der Waals surface area contributed by atoms with Crippen LogP contribution in [-0.2, 0) is 0 Å². The molecule has 128 valence electrons. The third-order valence-corrected chi connectivity index (χ3v) is 3.89. The second-order valence-corrected chi connectivity index (χ2v) is 5.92. The summed E-state index contributed by atoms with van der Waals surface area (Å²) in [6, 6.07) is 10.1. The van der Waals surface area contributed by atoms with Gasteiger partial charge in [-0.15, -0.1) is 0 Å². The van der Waals surface area contributed by atoms with Gasteiger partial charge in [0, 0.05) is 29.7 Å². The smallest absolute Gasteiger partial charge is 0.349 e. The number of carbonyl (C=O) groups excluding carboxylic acids is 1. The zero-order chi connectivity index (χ0) is 17.8. The van der Waals surface area contributed by atoms with Crippen LogP contribution in [0.2, 0.25) is 5.02 Å². The van der Waals surface area contributed by atoms with Crippen molar-refractivity contribution in [3.63, 3.8) is 0 Å². The monoisotopic (exact) mass is 357 g/mol. The van der Waals surface area contributed by atoms with Crippen molar-refractivity contribution in [3.05, 3.63) is 69.2 Å². The van der Waals surface area contributed by atoms with Crippen molar-refractivity contribution in [1.82, 2.24) is 10.3 Å². The van der Waals surface area contributed by atoms with E-state index in [1.54, 1.807) is 24.4 Å². The van der Waals surface area contributed by atoms with Crippen molar-refractivity contribution < 1.29 is 9.21 Å². The first kappa shape index (κ1) is 17.0. The Labute approximate surface area is 148 Å². The normalized spacial score (nSPS) is 10.6. The highest BCUT2D eigenvalue weighted by atomic mass is 35.5. The molecule has 2 heterocycles. The number of nitrogens with zero attached hydrogens (tertiary/aromatic N) is 1. The predicted octanol–water partition coefficient (Wildman–Crippen LogP) is 2.99. The van der Waals surface area contributed by atoms with Crippen LogP contribution in [0.4, 0.5) is 5.82 Å². The average molecular weight is 358 g/mol. The maximum atomic E-state index is 12.2. The Balaban J connectivity index is 1.65. The van der Waals surface area contributed by atoms with Crippen molar-refractivity contribution in [2.45, 2.75) is 6.92 Å². The Morgan fingerprint density at radius 1 is 1.24 bits per heavy atom. The van der Waals surface area contributed by atoms with Gasteiger partial charge in [0.15, 0.2) is 0 Å². The Morgan fingerprint density at radius 3 is 2.88 bits per heavy atom. The molecule has 1 aromatic carbocycles. The van der Waals surface area contributed by atoms with Gasteiger partial charge in [0.05, 0.1) is 0 Å². The first-order chi connectivity index (χ1) is 12.0. The number of rotatable bonds is 5. The number of aromatic nitrogens is 1. The summed E-state index contributed by atoms with van der Waals surface area (Å²) in [4.78, 5) is 28.4. The molecule has 0 spiro atoms. The number of pyridine rings is 1. The van der Waals surface area contributed by atoms with Gasteiger partial charge in [-0.05, 0) is 42.8 Å². The molecule has 7 heteroatoms. The molecule has 0 saturated carbocycles. The molecule has 0 fully saturated rings. The summed E-state index contributed by atoms with van der Waals surface area (Å²) >= 11 is 5.93. The lowest BCUT2D eigenvalue weighted by atomic mass is 10.2. The quantitative estimate of drug-likeness (QED) is 0.541. The lowest BCUT2D eigenvalue weighted by Crippen LogP contribution is -2.32. The van der Waals surface area contributed by atoms with Crippen molar-refractivity contribution in [2.24, 2.45) is 0 Å². The molecule has 3 rings (SSSR count). The number of halogens is 1. The van der Waals surface area contributed by atoms with Gasteiger partial charge in [0.25, 0.3) is 5.91 Å². The average Bonchev–Trinajstić information content (AvgIpc) is 2.59. The molecule has 25 heavy (non-hydrogen) atoms. The summed E-state index contributed by atoms with van der Waals surface area (Å²) in [6.07, 6.45) is 1.69. The van der Waals surface area contributed by atoms with Gasteiger partial charge < -0.3 is 15.1 Å². The van der Waals surface area contributed by atoms with Gasteiger partial charge in [-0.25, -0.2) is 9.78 Å². The van der Waals surface area contributed by atoms with Crippen LogP contribution in [0.25, 0.3) is 11.0 Å². The number of fused-ring (bicyclic) bond motifs is 1. The van der Waals surface area contributed by atoms with Crippen LogP contribution in [0.1, 0.15) is 15.9 Å². The van der Waals surface area contributed by atoms with Crippen LogP contribution in [0.15, 0.2) is 51.8 Å². The number of aryl methyl sites for hydroxylation is 1. The Bertz CT molecular complexity index is 985. The van der Waals surface area contributed by atoms with Crippen molar-refractivity contribution in [3.8, 4) is 0 Å². The van der Waals surface area contributed by atoms with E-state index in [2.05, 4.69) is 15.6 Å². The third kappa shape index (κ3) is 3.97. The Kier molecular flexibility index (Phi) is 5.00. The lowest BCUT2D eigenvalue weighted by molar-refractivity contribution is 0.0951. The van der Waals surface area contributed by atoms with E-state index in [4.69, 9.17) is 16.0 Å². The fourth-order valence-corrected chi connectivity index (χ4v) is 2.56. The summed E-state index contributed by atoms with van der Waals surface area (Å²) < 4.78 is 5.16. The minimum Gasteiger partial charge on any atom is -0.422 e. The van der Waals surface area contributed by atoms with Crippen LogP contribution >= 0.6 is 11.6 Å². The molecule has 0 aliphatic carbocycles. The van der Waals surface area contributed by atoms with Crippen molar-refractivity contribution in [1.29, 1.82) is 0 Å². The van der Waals surface area contributed by atoms with Crippen LogP contribution < -0.4 is 16.3 Å². The van der Waals surface area contributed by atoms with Gasteiger partial charge in [0.2, 0.25) is 0 Å². The van der Waals surface area contributed by atoms with Crippen LogP contribution in [0.5, 0.6) is 0 Å². The molecular weight excluding hydrogens is 342 g/mol. The van der Waals surface area contributed by atoms with Crippen LogP contribution in [0.3, 0.4) is 0 Å². The highest BCUT2D eigenvalue weighted by Crippen LogP contribution is 2.18. The highest BCUT2D eigenvalue weighted by molar-refractivity contribution is 6.31. The van der Waals surface area contributed by atoms with Gasteiger partial charge >= 0.3 is 5.63 Å². The molecule has 0 radical (unpaired) electrons. The van der Waals surface area contributed by atoms with Gasteiger partial charge in [-0.1, -0.05) is 17.7 Å². The number of anilines is 1. The van der Waals surface area contributed by atoms with E-state index in [9.17, 15) is 9.59 Å². The van der Waals surface area contributed by atoms with Crippen LogP contribution in [0, 0.1) is 6.92 Å². The number of nitrogens with one attached hydrogen (secondary N) is 2. The predicted molar refractivity (Wildman–Crippen MR) is 97.3 cm³/mol. The number of hydrogen-bond donors (Lipinski definition) is 2. The zero-order valence-electron chi connectivity index (χ0n) is 13.5. The maximum absolute atomic E-state index is 12.2. The van der Waals surface area contributed by atoms with E-state index in [1.165, 1.54) is 6.07 Å². The molecule has 0 unspecified atom stereocenters. The van der Waals surface area contributed by atoms with Gasteiger partial charge in [-0.3, -0.25) is 4.79 Å². The summed E-state index contributed by atoms with van der Waals surface area (Å²) in [6.45, 7) is 2.76. The summed E-state index contributed by atoms with van der Waals surface area (Å²) in [5, 5.41) is 6.91. The molecule has 0 aliphatic heterocycles. The minimum absolute atomic E-state index is 0.0521. The van der Waals surface area contributed by atoms with Crippen molar-refractivity contribution >= 4 is 34.3 Å². The minimum atomic E-state index is -0.680. The zero-order valence-corrected chi connectivity index (χ0v) is 14.3. The standard InChI is InChI=1S/C18H16ClN3O3/c1-11-3-2-6-20-16(11)21-7-8-22-17(23)14-10-12-9-13(19)4-5-15(12)25-18(14)24/h2-6,9-10H,7-8H2,1H3,(H,20,21)(H,22,23). The molecule has 0 saturated heterocycles. The Hall–Kier alpha value is -2.86. The summed E-state index contributed by atoms with van der Waals surface area (Å²) in [5.41, 5.74) is 0.670. The topological polar surface area (TPSA) is 84.2 Å². The molecule has 0 atom stereocenters. The maximum Gasteiger partial charge on any atom is 0.349 e. The Morgan fingerprint density at radius 2 is 2.08 bits per heavy atom. The second-order valence-electron chi connectivity index (χ2n) is 5.48. The molecular formula is C18H16ClN3O3. The first-order valence-electron chi connectivity index (χ1n) is 7.72. The summed E-state index contributed by atoms with van der Waals surface area (Å²) in [5.74, 6) is 0.270. The van der Waals surface area contributed by atoms with E-state index >= 15 is 0 Å². The molecule has 2 aromatic heterocycles. The van der Waals surface area contributed by atoms with Gasteiger partial charge in [0.1, 0.15) is 17.0 Å². The summed E-state index contributed by atoms with van der Waals surface area (Å²) in [7, 11) is 0. The van der Waals surface area contributed by atoms with E-state index in [-0.39, 0.29) is 5.56 Å². The molecule has 1 amide bonds. The number of amides is 1. The lowest BCUT2D eigenvalue weighted by Gasteiger charge is -2.09. The molecule has 0 bridgehead atoms. The third-order valence-electron chi connectivity index (χ3n) is 3.65. The first-order valence-corrected chi connectivity index (χ1v) is 8.09. The second kappa shape index (κ2) is 7.36. The fraction of sp³-hybridized carbons (Fsp3) is 0.167. The van der Waals surface area contributed by atoms with Crippen LogP contribution in [-0.4, -0.2) is 24.0 Å². The largest absolute Gasteiger partial charge is 0.422 e. The van der Waals surface area contributed by atoms with E-state index in [0.717, 1.165) is 11.4 Å². The number of benzene rings is 1. The fourth-order valence-electron chi connectivity index (χ4n) is 2.38. The molecule has 2 N–H and O–H groups in total. The van der Waals surface area contributed by atoms with E-state index in [0.29, 0.717) is 29.1 Å². The number of carbonyl (C=O) groups is 1. The molecule has 3 aromatic rings. The SMILES string of the molecule is Cc1cccnc1NCCNC(=O)c1cc2cc(Cl)ccc2oc1=O. The van der Waals surface area contributed by atoms with Gasteiger partial charge in [-0.2, -0.15) is 0 Å². The van der Waals surface area contributed by atoms with Crippen molar-refractivity contribution in [2.75, 3.05) is 18.4 Å². The molecule has 0 aliphatic rings. The highest BCUT2D eigenvalue weighted by Gasteiger charge is 2.13. The number of hydrogen-bond acceptors (Lipinski definition) is 5. The van der Waals surface area contributed by atoms with E-state index < -0.39 is 11.5 Å². The molecule has 6 nitrogen and oxygen atoms in total. The van der Waals surface area contributed by atoms with E-state index in [1.807, 2.05) is 19.1 Å².